The van der Waals surface area contributed by atoms with Crippen molar-refractivity contribution in [3.8, 4) is 0 Å². The molecule has 0 spiro atoms. The standard InChI is InChI=1S/C7H12O2/c1-3-7(8)4-5-9-6(7)2/h3,6,8H,1,4-5H2,2H3. The van der Waals surface area contributed by atoms with Gasteiger partial charge in [0.05, 0.1) is 12.7 Å². The first-order valence-electron chi connectivity index (χ1n) is 3.16. The van der Waals surface area contributed by atoms with Gasteiger partial charge in [-0.2, -0.15) is 0 Å². The zero-order chi connectivity index (χ0) is 6.91. The summed E-state index contributed by atoms with van der Waals surface area (Å²) < 4.78 is 5.14. The number of aliphatic hydroxyl groups is 1. The van der Waals surface area contributed by atoms with Crippen molar-refractivity contribution in [2.45, 2.75) is 25.0 Å². The number of hydrogen-bond acceptors (Lipinski definition) is 2. The van der Waals surface area contributed by atoms with Crippen molar-refractivity contribution in [2.75, 3.05) is 6.61 Å². The average molecular weight is 128 g/mol. The van der Waals surface area contributed by atoms with Crippen molar-refractivity contribution < 1.29 is 9.84 Å². The summed E-state index contributed by atoms with van der Waals surface area (Å²) in [6, 6.07) is 0. The van der Waals surface area contributed by atoms with Crippen molar-refractivity contribution >= 4 is 0 Å². The number of ether oxygens (including phenoxy) is 1. The molecule has 1 saturated heterocycles. The lowest BCUT2D eigenvalue weighted by atomic mass is 9.97. The molecule has 0 aliphatic carbocycles. The molecule has 0 aromatic rings. The van der Waals surface area contributed by atoms with E-state index in [2.05, 4.69) is 6.58 Å². The molecule has 1 heterocycles. The first-order chi connectivity index (χ1) is 4.19. The van der Waals surface area contributed by atoms with Gasteiger partial charge < -0.3 is 9.84 Å². The zero-order valence-electron chi connectivity index (χ0n) is 5.63. The zero-order valence-corrected chi connectivity index (χ0v) is 5.63. The van der Waals surface area contributed by atoms with Crippen LogP contribution in [0.25, 0.3) is 0 Å². The Morgan fingerprint density at radius 1 is 1.89 bits per heavy atom. The van der Waals surface area contributed by atoms with E-state index < -0.39 is 5.60 Å². The highest BCUT2D eigenvalue weighted by Gasteiger charge is 2.36. The van der Waals surface area contributed by atoms with Crippen LogP contribution in [0, 0.1) is 0 Å². The minimum atomic E-state index is -0.764. The molecule has 2 heteroatoms. The van der Waals surface area contributed by atoms with Crippen LogP contribution in [0.1, 0.15) is 13.3 Å². The molecule has 2 nitrogen and oxygen atoms in total. The van der Waals surface area contributed by atoms with E-state index in [-0.39, 0.29) is 6.10 Å². The fourth-order valence-corrected chi connectivity index (χ4v) is 1.01. The van der Waals surface area contributed by atoms with E-state index in [1.807, 2.05) is 6.92 Å². The molecule has 52 valence electrons. The van der Waals surface area contributed by atoms with Crippen molar-refractivity contribution in [1.29, 1.82) is 0 Å². The molecule has 1 fully saturated rings. The Bertz CT molecular complexity index is 122. The van der Waals surface area contributed by atoms with Crippen LogP contribution in [0.4, 0.5) is 0 Å². The van der Waals surface area contributed by atoms with Crippen molar-refractivity contribution in [2.24, 2.45) is 0 Å². The average Bonchev–Trinajstić information content (AvgIpc) is 2.15. The van der Waals surface area contributed by atoms with Crippen LogP contribution in [0.15, 0.2) is 12.7 Å². The van der Waals surface area contributed by atoms with E-state index in [0.717, 1.165) is 0 Å². The molecule has 0 aromatic carbocycles. The molecule has 1 N–H and O–H groups in total. The summed E-state index contributed by atoms with van der Waals surface area (Å²) in [5.41, 5.74) is -0.764. The Kier molecular flexibility index (Phi) is 1.60. The molecule has 0 aromatic heterocycles. The van der Waals surface area contributed by atoms with Gasteiger partial charge in [0.2, 0.25) is 0 Å². The minimum Gasteiger partial charge on any atom is -0.383 e. The third kappa shape index (κ3) is 1.00. The van der Waals surface area contributed by atoms with Gasteiger partial charge >= 0.3 is 0 Å². The predicted octanol–water partition coefficient (Wildman–Crippen LogP) is 0.712. The van der Waals surface area contributed by atoms with Crippen LogP contribution >= 0.6 is 0 Å². The lowest BCUT2D eigenvalue weighted by molar-refractivity contribution is 0.00744. The highest BCUT2D eigenvalue weighted by Crippen LogP contribution is 2.25. The smallest absolute Gasteiger partial charge is 0.110 e. The van der Waals surface area contributed by atoms with E-state index in [9.17, 15) is 5.11 Å². The largest absolute Gasteiger partial charge is 0.383 e. The van der Waals surface area contributed by atoms with Gasteiger partial charge in [0.15, 0.2) is 0 Å². The van der Waals surface area contributed by atoms with E-state index in [1.54, 1.807) is 6.08 Å². The molecule has 2 atom stereocenters. The molecule has 0 bridgehead atoms. The van der Waals surface area contributed by atoms with E-state index >= 15 is 0 Å². The van der Waals surface area contributed by atoms with Gasteiger partial charge in [-0.15, -0.1) is 6.58 Å². The summed E-state index contributed by atoms with van der Waals surface area (Å²) in [5.74, 6) is 0. The third-order valence-corrected chi connectivity index (χ3v) is 1.93. The molecule has 9 heavy (non-hydrogen) atoms. The van der Waals surface area contributed by atoms with E-state index in [4.69, 9.17) is 4.74 Å². The maximum Gasteiger partial charge on any atom is 0.110 e. The normalized spacial score (nSPS) is 43.1. The first-order valence-corrected chi connectivity index (χ1v) is 3.16. The fourth-order valence-electron chi connectivity index (χ4n) is 1.01. The van der Waals surface area contributed by atoms with Crippen LogP contribution in [0.2, 0.25) is 0 Å². The molecule has 1 aliphatic rings. The molecular formula is C7H12O2. The molecule has 2 unspecified atom stereocenters. The minimum absolute atomic E-state index is 0.0880. The van der Waals surface area contributed by atoms with Crippen molar-refractivity contribution in [1.82, 2.24) is 0 Å². The Morgan fingerprint density at radius 3 is 2.78 bits per heavy atom. The Hall–Kier alpha value is -0.340. The topological polar surface area (TPSA) is 29.5 Å². The maximum absolute atomic E-state index is 9.53. The second kappa shape index (κ2) is 2.12. The van der Waals surface area contributed by atoms with Gasteiger partial charge in [0.25, 0.3) is 0 Å². The number of rotatable bonds is 1. The Balaban J connectivity index is 2.66. The van der Waals surface area contributed by atoms with Crippen molar-refractivity contribution in [3.63, 3.8) is 0 Å². The van der Waals surface area contributed by atoms with Crippen LogP contribution in [-0.2, 0) is 4.74 Å². The van der Waals surface area contributed by atoms with Crippen LogP contribution in [-0.4, -0.2) is 23.4 Å². The molecule has 0 radical (unpaired) electrons. The highest BCUT2D eigenvalue weighted by atomic mass is 16.5. The summed E-state index contributed by atoms with van der Waals surface area (Å²) in [5, 5.41) is 9.53. The van der Waals surface area contributed by atoms with Gasteiger partial charge in [0, 0.05) is 6.42 Å². The second-order valence-corrected chi connectivity index (χ2v) is 2.46. The van der Waals surface area contributed by atoms with E-state index in [1.165, 1.54) is 0 Å². The van der Waals surface area contributed by atoms with E-state index in [0.29, 0.717) is 13.0 Å². The first kappa shape index (κ1) is 6.78. The molecular weight excluding hydrogens is 116 g/mol. The quantitative estimate of drug-likeness (QED) is 0.527. The lowest BCUT2D eigenvalue weighted by Crippen LogP contribution is -2.33. The van der Waals surface area contributed by atoms with Gasteiger partial charge in [-0.1, -0.05) is 6.08 Å². The summed E-state index contributed by atoms with van der Waals surface area (Å²) in [6.45, 7) is 6.03. The Morgan fingerprint density at radius 2 is 2.56 bits per heavy atom. The van der Waals surface area contributed by atoms with Crippen LogP contribution in [0.3, 0.4) is 0 Å². The fraction of sp³-hybridized carbons (Fsp3) is 0.714. The predicted molar refractivity (Wildman–Crippen MR) is 35.2 cm³/mol. The van der Waals surface area contributed by atoms with Crippen LogP contribution in [0.5, 0.6) is 0 Å². The molecule has 0 amide bonds. The SMILES string of the molecule is C=CC1(O)CCOC1C. The molecule has 0 saturated carbocycles. The number of hydrogen-bond donors (Lipinski definition) is 1. The van der Waals surface area contributed by atoms with Crippen molar-refractivity contribution in [3.05, 3.63) is 12.7 Å². The second-order valence-electron chi connectivity index (χ2n) is 2.46. The lowest BCUT2D eigenvalue weighted by Gasteiger charge is -2.20. The van der Waals surface area contributed by atoms with Gasteiger partial charge in [-0.3, -0.25) is 0 Å². The monoisotopic (exact) mass is 128 g/mol. The Labute approximate surface area is 55.1 Å². The van der Waals surface area contributed by atoms with Gasteiger partial charge in [-0.05, 0) is 6.92 Å². The maximum atomic E-state index is 9.53. The van der Waals surface area contributed by atoms with Gasteiger partial charge in [0.1, 0.15) is 5.60 Å². The van der Waals surface area contributed by atoms with Gasteiger partial charge in [-0.25, -0.2) is 0 Å². The molecule has 1 aliphatic heterocycles. The molecule has 1 rings (SSSR count). The summed E-state index contributed by atoms with van der Waals surface area (Å²) in [7, 11) is 0. The third-order valence-electron chi connectivity index (χ3n) is 1.93. The van der Waals surface area contributed by atoms with Crippen LogP contribution < -0.4 is 0 Å². The summed E-state index contributed by atoms with van der Waals surface area (Å²) in [4.78, 5) is 0. The summed E-state index contributed by atoms with van der Waals surface area (Å²) >= 11 is 0. The summed E-state index contributed by atoms with van der Waals surface area (Å²) in [6.07, 6.45) is 2.15. The highest BCUT2D eigenvalue weighted by molar-refractivity contribution is 5.02.